The lowest BCUT2D eigenvalue weighted by atomic mass is 9.97. The average molecular weight is 567 g/mol. The van der Waals surface area contributed by atoms with Crippen molar-refractivity contribution in [1.82, 2.24) is 0 Å². The van der Waals surface area contributed by atoms with Crippen LogP contribution in [0, 0.1) is 5.92 Å². The number of rotatable bonds is 9. The SMILES string of the molecule is O=C(N=CC(Cc1ccc(-c2ccccc2Oc2ccccc2)cc1)C(=O)O)c1cc(Cl)ccc1N1CCCCC1. The van der Waals surface area contributed by atoms with Crippen LogP contribution in [-0.4, -0.2) is 36.3 Å². The zero-order valence-electron chi connectivity index (χ0n) is 22.6. The first-order valence-electron chi connectivity index (χ1n) is 13.7. The lowest BCUT2D eigenvalue weighted by Crippen LogP contribution is -2.30. The van der Waals surface area contributed by atoms with Gasteiger partial charge in [-0.15, -0.1) is 0 Å². The highest BCUT2D eigenvalue weighted by molar-refractivity contribution is 6.31. The van der Waals surface area contributed by atoms with E-state index >= 15 is 0 Å². The van der Waals surface area contributed by atoms with Gasteiger partial charge in [-0.1, -0.05) is 72.3 Å². The van der Waals surface area contributed by atoms with Crippen molar-refractivity contribution in [3.8, 4) is 22.6 Å². The van der Waals surface area contributed by atoms with Crippen LogP contribution < -0.4 is 9.64 Å². The quantitative estimate of drug-likeness (QED) is 0.208. The standard InChI is InChI=1S/C34H31ClN2O4/c35-27-17-18-31(37-19-7-2-8-20-37)30(22-27)33(38)36-23-26(34(39)40)21-24-13-15-25(16-14-24)29-11-5-6-12-32(29)41-28-9-3-1-4-10-28/h1,3-6,9-18,22-23,26H,2,7-8,19-21H2,(H,39,40). The van der Waals surface area contributed by atoms with Crippen LogP contribution in [0.15, 0.2) is 102 Å². The summed E-state index contributed by atoms with van der Waals surface area (Å²) in [6.07, 6.45) is 4.72. The van der Waals surface area contributed by atoms with E-state index in [0.29, 0.717) is 10.6 Å². The Labute approximate surface area is 244 Å². The second kappa shape index (κ2) is 13.3. The topological polar surface area (TPSA) is 79.2 Å². The van der Waals surface area contributed by atoms with Crippen molar-refractivity contribution in [2.75, 3.05) is 18.0 Å². The Bertz CT molecular complexity index is 1530. The van der Waals surface area contributed by atoms with Gasteiger partial charge in [0.1, 0.15) is 11.5 Å². The summed E-state index contributed by atoms with van der Waals surface area (Å²) < 4.78 is 6.10. The van der Waals surface area contributed by atoms with Gasteiger partial charge in [-0.05, 0) is 73.2 Å². The van der Waals surface area contributed by atoms with E-state index in [2.05, 4.69) is 9.89 Å². The molecule has 6 nitrogen and oxygen atoms in total. The Morgan fingerprint density at radius 1 is 0.902 bits per heavy atom. The van der Waals surface area contributed by atoms with Gasteiger partial charge < -0.3 is 14.7 Å². The molecule has 1 N–H and O–H groups in total. The molecule has 0 spiro atoms. The fourth-order valence-electron chi connectivity index (χ4n) is 5.01. The van der Waals surface area contributed by atoms with Gasteiger partial charge in [0.2, 0.25) is 0 Å². The predicted molar refractivity (Wildman–Crippen MR) is 164 cm³/mol. The number of para-hydroxylation sites is 2. The molecule has 1 aliphatic rings. The van der Waals surface area contributed by atoms with E-state index < -0.39 is 17.8 Å². The number of benzene rings is 4. The minimum atomic E-state index is -1.05. The minimum absolute atomic E-state index is 0.198. The average Bonchev–Trinajstić information content (AvgIpc) is 3.00. The zero-order chi connectivity index (χ0) is 28.6. The van der Waals surface area contributed by atoms with E-state index in [1.807, 2.05) is 84.9 Å². The number of nitrogens with zero attached hydrogens (tertiary/aromatic N) is 2. The molecular weight excluding hydrogens is 536 g/mol. The molecule has 1 saturated heterocycles. The van der Waals surface area contributed by atoms with Crippen LogP contribution in [0.1, 0.15) is 35.2 Å². The van der Waals surface area contributed by atoms with Crippen LogP contribution in [0.3, 0.4) is 0 Å². The summed E-state index contributed by atoms with van der Waals surface area (Å²) >= 11 is 6.20. The van der Waals surface area contributed by atoms with Crippen LogP contribution in [0.4, 0.5) is 5.69 Å². The maximum Gasteiger partial charge on any atom is 0.312 e. The highest BCUT2D eigenvalue weighted by atomic mass is 35.5. The number of aliphatic carboxylic acids is 1. The highest BCUT2D eigenvalue weighted by Crippen LogP contribution is 2.33. The van der Waals surface area contributed by atoms with Gasteiger partial charge >= 0.3 is 5.97 Å². The number of halogens is 1. The number of carboxylic acids is 1. The van der Waals surface area contributed by atoms with Gasteiger partial charge in [0, 0.05) is 35.6 Å². The summed E-state index contributed by atoms with van der Waals surface area (Å²) in [5, 5.41) is 10.3. The summed E-state index contributed by atoms with van der Waals surface area (Å²) in [6.45, 7) is 1.73. The maximum absolute atomic E-state index is 13.1. The third-order valence-electron chi connectivity index (χ3n) is 7.15. The predicted octanol–water partition coefficient (Wildman–Crippen LogP) is 7.94. The van der Waals surface area contributed by atoms with Crippen molar-refractivity contribution in [1.29, 1.82) is 0 Å². The molecule has 5 rings (SSSR count). The monoisotopic (exact) mass is 566 g/mol. The summed E-state index contributed by atoms with van der Waals surface area (Å²) in [4.78, 5) is 31.4. The minimum Gasteiger partial charge on any atom is -0.481 e. The number of carbonyl (C=O) groups is 2. The molecule has 208 valence electrons. The lowest BCUT2D eigenvalue weighted by molar-refractivity contribution is -0.139. The van der Waals surface area contributed by atoms with Crippen molar-refractivity contribution < 1.29 is 19.4 Å². The Morgan fingerprint density at radius 2 is 1.61 bits per heavy atom. The highest BCUT2D eigenvalue weighted by Gasteiger charge is 2.21. The molecule has 4 aromatic rings. The number of hydrogen-bond acceptors (Lipinski definition) is 4. The smallest absolute Gasteiger partial charge is 0.312 e. The lowest BCUT2D eigenvalue weighted by Gasteiger charge is -2.30. The first-order valence-corrected chi connectivity index (χ1v) is 14.1. The molecule has 1 amide bonds. The molecule has 7 heteroatoms. The van der Waals surface area contributed by atoms with Gasteiger partial charge in [0.25, 0.3) is 5.91 Å². The summed E-state index contributed by atoms with van der Waals surface area (Å²) in [5.41, 5.74) is 3.87. The summed E-state index contributed by atoms with van der Waals surface area (Å²) in [5.74, 6) is -1.03. The van der Waals surface area contributed by atoms with Gasteiger partial charge in [0.05, 0.1) is 11.5 Å². The van der Waals surface area contributed by atoms with Crippen molar-refractivity contribution in [2.24, 2.45) is 10.9 Å². The normalized spacial score (nSPS) is 14.1. The van der Waals surface area contributed by atoms with Crippen molar-refractivity contribution in [3.63, 3.8) is 0 Å². The number of carboxylic acid groups (broad SMARTS) is 1. The maximum atomic E-state index is 13.1. The van der Waals surface area contributed by atoms with E-state index in [0.717, 1.165) is 59.8 Å². The molecule has 0 aliphatic carbocycles. The second-order valence-corrected chi connectivity index (χ2v) is 10.5. The zero-order valence-corrected chi connectivity index (χ0v) is 23.3. The van der Waals surface area contributed by atoms with E-state index in [9.17, 15) is 14.7 Å². The first-order chi connectivity index (χ1) is 20.0. The molecule has 0 bridgehead atoms. The van der Waals surface area contributed by atoms with Crippen LogP contribution >= 0.6 is 11.6 Å². The molecule has 0 aromatic heterocycles. The third kappa shape index (κ3) is 7.21. The molecule has 0 radical (unpaired) electrons. The van der Waals surface area contributed by atoms with Crippen LogP contribution in [0.5, 0.6) is 11.5 Å². The van der Waals surface area contributed by atoms with Gasteiger partial charge in [0.15, 0.2) is 0 Å². The molecule has 0 saturated carbocycles. The molecule has 4 aromatic carbocycles. The number of aliphatic imine (C=N–C) groups is 1. The van der Waals surface area contributed by atoms with Crippen molar-refractivity contribution in [3.05, 3.63) is 113 Å². The number of amides is 1. The first kappa shape index (κ1) is 28.1. The van der Waals surface area contributed by atoms with Gasteiger partial charge in [-0.3, -0.25) is 9.59 Å². The molecule has 1 unspecified atom stereocenters. The van der Waals surface area contributed by atoms with Crippen molar-refractivity contribution in [2.45, 2.75) is 25.7 Å². The van der Waals surface area contributed by atoms with Crippen LogP contribution in [0.2, 0.25) is 5.02 Å². The Morgan fingerprint density at radius 3 is 2.34 bits per heavy atom. The number of ether oxygens (including phenoxy) is 1. The molecule has 1 fully saturated rings. The van der Waals surface area contributed by atoms with E-state index in [1.54, 1.807) is 12.1 Å². The van der Waals surface area contributed by atoms with E-state index in [4.69, 9.17) is 16.3 Å². The van der Waals surface area contributed by atoms with E-state index in [-0.39, 0.29) is 6.42 Å². The number of hydrogen-bond donors (Lipinski definition) is 1. The van der Waals surface area contributed by atoms with Gasteiger partial charge in [-0.25, -0.2) is 4.99 Å². The summed E-state index contributed by atoms with van der Waals surface area (Å²) in [7, 11) is 0. The molecule has 1 atom stereocenters. The largest absolute Gasteiger partial charge is 0.481 e. The Hall–Kier alpha value is -4.42. The number of carbonyl (C=O) groups excluding carboxylic acids is 1. The molecule has 1 heterocycles. The van der Waals surface area contributed by atoms with Crippen LogP contribution in [-0.2, 0) is 11.2 Å². The molecule has 1 aliphatic heterocycles. The third-order valence-corrected chi connectivity index (χ3v) is 7.39. The molecular formula is C34H31ClN2O4. The van der Waals surface area contributed by atoms with Crippen LogP contribution in [0.25, 0.3) is 11.1 Å². The van der Waals surface area contributed by atoms with Crippen molar-refractivity contribution >= 4 is 35.4 Å². The second-order valence-electron chi connectivity index (χ2n) is 10.0. The molecule has 41 heavy (non-hydrogen) atoms. The number of piperidine rings is 1. The van der Waals surface area contributed by atoms with E-state index in [1.165, 1.54) is 12.6 Å². The summed E-state index contributed by atoms with van der Waals surface area (Å²) in [6, 6.07) is 30.3. The fourth-order valence-corrected chi connectivity index (χ4v) is 5.18. The Kier molecular flexibility index (Phi) is 9.12. The number of anilines is 1. The Balaban J connectivity index is 1.30. The fraction of sp³-hybridized carbons (Fsp3) is 0.206. The van der Waals surface area contributed by atoms with Gasteiger partial charge in [-0.2, -0.15) is 0 Å².